The molecule has 9 heteroatoms. The number of aromatic nitrogens is 2. The number of benzene rings is 2. The number of H-pyrrole nitrogens is 1. The normalized spacial score (nSPS) is 14.8. The zero-order valence-electron chi connectivity index (χ0n) is 15.4. The van der Waals surface area contributed by atoms with Crippen molar-refractivity contribution >= 4 is 33.2 Å². The van der Waals surface area contributed by atoms with Gasteiger partial charge in [-0.15, -0.1) is 0 Å². The second-order valence-electron chi connectivity index (χ2n) is 6.76. The van der Waals surface area contributed by atoms with E-state index in [0.29, 0.717) is 18.8 Å². The molecule has 2 heterocycles. The van der Waals surface area contributed by atoms with Gasteiger partial charge in [-0.2, -0.15) is 9.40 Å². The highest BCUT2D eigenvalue weighted by Crippen LogP contribution is 2.27. The van der Waals surface area contributed by atoms with E-state index in [1.54, 1.807) is 18.3 Å². The van der Waals surface area contributed by atoms with Gasteiger partial charge in [-0.25, -0.2) is 8.42 Å². The summed E-state index contributed by atoms with van der Waals surface area (Å²) in [5.74, 6) is -0.477. The van der Waals surface area contributed by atoms with Crippen molar-refractivity contribution in [2.24, 2.45) is 0 Å². The summed E-state index contributed by atoms with van der Waals surface area (Å²) in [4.78, 5) is 12.9. The zero-order valence-corrected chi connectivity index (χ0v) is 17.0. The Kier molecular flexibility index (Phi) is 5.40. The molecule has 1 aromatic heterocycles. The molecule has 1 saturated heterocycles. The number of nitrogens with zero attached hydrogens (tertiary/aromatic N) is 2. The molecule has 2 N–H and O–H groups in total. The molecule has 1 aliphatic rings. The van der Waals surface area contributed by atoms with Crippen LogP contribution in [0.15, 0.2) is 59.6 Å². The van der Waals surface area contributed by atoms with Crippen molar-refractivity contribution in [3.05, 3.63) is 65.3 Å². The van der Waals surface area contributed by atoms with Crippen molar-refractivity contribution < 1.29 is 13.2 Å². The number of carbonyl (C=O) groups is 1. The molecule has 7 nitrogen and oxygen atoms in total. The van der Waals surface area contributed by atoms with Crippen LogP contribution in [0.5, 0.6) is 0 Å². The van der Waals surface area contributed by atoms with E-state index >= 15 is 0 Å². The van der Waals surface area contributed by atoms with Crippen molar-refractivity contribution in [1.29, 1.82) is 0 Å². The van der Waals surface area contributed by atoms with E-state index in [-0.39, 0.29) is 15.5 Å². The summed E-state index contributed by atoms with van der Waals surface area (Å²) >= 11 is 6.20. The van der Waals surface area contributed by atoms with Crippen LogP contribution in [0.3, 0.4) is 0 Å². The second kappa shape index (κ2) is 7.98. The molecule has 0 spiro atoms. The van der Waals surface area contributed by atoms with Crippen LogP contribution in [-0.4, -0.2) is 41.9 Å². The molecule has 2 aromatic carbocycles. The van der Waals surface area contributed by atoms with Gasteiger partial charge in [-0.1, -0.05) is 23.7 Å². The lowest BCUT2D eigenvalue weighted by Crippen LogP contribution is -2.28. The molecule has 0 unspecified atom stereocenters. The van der Waals surface area contributed by atoms with E-state index in [1.165, 1.54) is 22.5 Å². The number of halogens is 1. The first-order chi connectivity index (χ1) is 13.9. The van der Waals surface area contributed by atoms with Gasteiger partial charge in [0.2, 0.25) is 10.0 Å². The monoisotopic (exact) mass is 430 g/mol. The number of hydrogen-bond acceptors (Lipinski definition) is 4. The van der Waals surface area contributed by atoms with E-state index in [4.69, 9.17) is 11.6 Å². The maximum absolute atomic E-state index is 12.8. The molecule has 0 saturated carbocycles. The van der Waals surface area contributed by atoms with Crippen LogP contribution < -0.4 is 5.32 Å². The van der Waals surface area contributed by atoms with Gasteiger partial charge in [-0.3, -0.25) is 9.89 Å². The fourth-order valence-corrected chi connectivity index (χ4v) is 5.04. The highest BCUT2D eigenvalue weighted by Gasteiger charge is 2.28. The molecule has 150 valence electrons. The molecule has 0 atom stereocenters. The van der Waals surface area contributed by atoms with Crippen LogP contribution in [0.2, 0.25) is 5.02 Å². The molecule has 3 aromatic rings. The van der Waals surface area contributed by atoms with Crippen LogP contribution in [0.4, 0.5) is 5.69 Å². The number of aromatic amines is 1. The lowest BCUT2D eigenvalue weighted by Gasteiger charge is -2.16. The minimum Gasteiger partial charge on any atom is -0.322 e. The Labute approximate surface area is 173 Å². The third-order valence-electron chi connectivity index (χ3n) is 4.82. The Hall–Kier alpha value is -2.68. The number of sulfonamides is 1. The molecule has 0 bridgehead atoms. The molecule has 1 fully saturated rings. The molecular formula is C20H19ClN4O3S. The Balaban J connectivity index is 1.60. The highest BCUT2D eigenvalue weighted by molar-refractivity contribution is 7.89. The number of anilines is 1. The predicted molar refractivity (Wildman–Crippen MR) is 111 cm³/mol. The number of hydrogen-bond donors (Lipinski definition) is 2. The average molecular weight is 431 g/mol. The lowest BCUT2D eigenvalue weighted by molar-refractivity contribution is 0.102. The summed E-state index contributed by atoms with van der Waals surface area (Å²) < 4.78 is 27.0. The van der Waals surface area contributed by atoms with Crippen molar-refractivity contribution in [3.8, 4) is 11.3 Å². The zero-order chi connectivity index (χ0) is 20.4. The van der Waals surface area contributed by atoms with Crippen LogP contribution in [0.1, 0.15) is 23.2 Å². The third-order valence-corrected chi connectivity index (χ3v) is 7.04. The molecular weight excluding hydrogens is 412 g/mol. The van der Waals surface area contributed by atoms with Gasteiger partial charge in [0.25, 0.3) is 5.91 Å². The van der Waals surface area contributed by atoms with Crippen molar-refractivity contribution in [3.63, 3.8) is 0 Å². The molecule has 1 amide bonds. The van der Waals surface area contributed by atoms with Crippen LogP contribution in [-0.2, 0) is 10.0 Å². The lowest BCUT2D eigenvalue weighted by atomic mass is 10.1. The maximum Gasteiger partial charge on any atom is 0.257 e. The molecule has 29 heavy (non-hydrogen) atoms. The number of nitrogens with one attached hydrogen (secondary N) is 2. The van der Waals surface area contributed by atoms with Gasteiger partial charge in [0.05, 0.1) is 21.2 Å². The minimum absolute atomic E-state index is 0.0696. The molecule has 4 rings (SSSR count). The van der Waals surface area contributed by atoms with Crippen LogP contribution >= 0.6 is 11.6 Å². The summed E-state index contributed by atoms with van der Waals surface area (Å²) in [6.45, 7) is 0.986. The van der Waals surface area contributed by atoms with E-state index < -0.39 is 15.9 Å². The summed E-state index contributed by atoms with van der Waals surface area (Å²) in [7, 11) is -3.64. The van der Waals surface area contributed by atoms with Gasteiger partial charge < -0.3 is 5.32 Å². The van der Waals surface area contributed by atoms with Crippen molar-refractivity contribution in [2.75, 3.05) is 18.4 Å². The van der Waals surface area contributed by atoms with Gasteiger partial charge >= 0.3 is 0 Å². The number of amides is 1. The largest absolute Gasteiger partial charge is 0.322 e. The predicted octanol–water partition coefficient (Wildman–Crippen LogP) is 3.77. The van der Waals surface area contributed by atoms with E-state index in [9.17, 15) is 13.2 Å². The van der Waals surface area contributed by atoms with Crippen molar-refractivity contribution in [2.45, 2.75) is 17.7 Å². The maximum atomic E-state index is 12.8. The second-order valence-corrected chi connectivity index (χ2v) is 9.10. The SMILES string of the molecule is O=C(Nc1cccc(-c2ccn[nH]2)c1)c1cc(S(=O)(=O)N2CCCC2)ccc1Cl. The topological polar surface area (TPSA) is 95.2 Å². The summed E-state index contributed by atoms with van der Waals surface area (Å²) in [6, 6.07) is 13.3. The van der Waals surface area contributed by atoms with Crippen molar-refractivity contribution in [1.82, 2.24) is 14.5 Å². The van der Waals surface area contributed by atoms with Crippen LogP contribution in [0, 0.1) is 0 Å². The first-order valence-electron chi connectivity index (χ1n) is 9.16. The first-order valence-corrected chi connectivity index (χ1v) is 11.0. The standard InChI is InChI=1S/C20H19ClN4O3S/c21-18-7-6-16(29(27,28)25-10-1-2-11-25)13-17(18)20(26)23-15-5-3-4-14(12-15)19-8-9-22-24-19/h3-9,12-13H,1-2,10-11H2,(H,22,24)(H,23,26). The molecule has 0 radical (unpaired) electrons. The fraction of sp³-hybridized carbons (Fsp3) is 0.200. The first kappa shape index (κ1) is 19.6. The number of rotatable bonds is 5. The Morgan fingerprint density at radius 1 is 1.10 bits per heavy atom. The number of carbonyl (C=O) groups excluding carboxylic acids is 1. The van der Waals surface area contributed by atoms with Crippen LogP contribution in [0.25, 0.3) is 11.3 Å². The summed E-state index contributed by atoms with van der Waals surface area (Å²) in [6.07, 6.45) is 3.33. The Morgan fingerprint density at radius 2 is 1.90 bits per heavy atom. The Morgan fingerprint density at radius 3 is 2.62 bits per heavy atom. The quantitative estimate of drug-likeness (QED) is 0.644. The third kappa shape index (κ3) is 4.05. The van der Waals surface area contributed by atoms with Gasteiger partial charge in [0.1, 0.15) is 0 Å². The summed E-state index contributed by atoms with van der Waals surface area (Å²) in [5, 5.41) is 9.76. The van der Waals surface area contributed by atoms with E-state index in [1.807, 2.05) is 18.2 Å². The minimum atomic E-state index is -3.64. The Bertz CT molecular complexity index is 1140. The average Bonchev–Trinajstić information content (AvgIpc) is 3.42. The molecule has 1 aliphatic heterocycles. The smallest absolute Gasteiger partial charge is 0.257 e. The van der Waals surface area contributed by atoms with Gasteiger partial charge in [0.15, 0.2) is 0 Å². The summed E-state index contributed by atoms with van der Waals surface area (Å²) in [5.41, 5.74) is 2.35. The fourth-order valence-electron chi connectivity index (χ4n) is 3.30. The van der Waals surface area contributed by atoms with E-state index in [0.717, 1.165) is 24.1 Å². The van der Waals surface area contributed by atoms with Gasteiger partial charge in [-0.05, 0) is 49.2 Å². The van der Waals surface area contributed by atoms with E-state index in [2.05, 4.69) is 15.5 Å². The molecule has 0 aliphatic carbocycles. The highest BCUT2D eigenvalue weighted by atomic mass is 35.5. The van der Waals surface area contributed by atoms with Gasteiger partial charge in [0, 0.05) is 30.5 Å².